The van der Waals surface area contributed by atoms with Gasteiger partial charge in [0, 0.05) is 31.6 Å². The minimum Gasteiger partial charge on any atom is -0.496 e. The van der Waals surface area contributed by atoms with Crippen molar-refractivity contribution >= 4 is 21.8 Å². The Labute approximate surface area is 176 Å². The second-order valence-corrected chi connectivity index (χ2v) is 8.85. The molecule has 0 spiro atoms. The van der Waals surface area contributed by atoms with Gasteiger partial charge in [0.15, 0.2) is 0 Å². The fourth-order valence-electron chi connectivity index (χ4n) is 3.65. The fraction of sp³-hybridized carbons (Fsp3) is 0.435. The maximum atomic E-state index is 12.4. The van der Waals surface area contributed by atoms with Crippen LogP contribution in [0, 0.1) is 0 Å². The average Bonchev–Trinajstić information content (AvgIpc) is 2.70. The summed E-state index contributed by atoms with van der Waals surface area (Å²) in [7, 11) is 1.65. The van der Waals surface area contributed by atoms with Gasteiger partial charge < -0.3 is 10.1 Å². The van der Waals surface area contributed by atoms with Crippen molar-refractivity contribution in [2.75, 3.05) is 20.2 Å². The van der Waals surface area contributed by atoms with E-state index >= 15 is 0 Å². The molecule has 0 bridgehead atoms. The van der Waals surface area contributed by atoms with Gasteiger partial charge in [0.2, 0.25) is 5.91 Å². The van der Waals surface area contributed by atoms with E-state index in [1.54, 1.807) is 7.11 Å². The number of nitrogens with one attached hydrogen (secondary N) is 1. The zero-order chi connectivity index (χ0) is 20.1. The minimum atomic E-state index is -0.0771. The van der Waals surface area contributed by atoms with Crippen molar-refractivity contribution < 1.29 is 9.53 Å². The van der Waals surface area contributed by atoms with E-state index in [9.17, 15) is 4.79 Å². The molecular weight excluding hydrogens is 416 g/mol. The van der Waals surface area contributed by atoms with Crippen molar-refractivity contribution in [2.45, 2.75) is 45.2 Å². The SMILES string of the molecule is COc1ccc(CCC(=O)NCC(C)(C)N2CCc3ccccc3C2)cc1Br. The lowest BCUT2D eigenvalue weighted by Crippen LogP contribution is -2.53. The smallest absolute Gasteiger partial charge is 0.220 e. The summed E-state index contributed by atoms with van der Waals surface area (Å²) in [4.78, 5) is 14.9. The van der Waals surface area contributed by atoms with Crippen molar-refractivity contribution in [3.63, 3.8) is 0 Å². The molecule has 0 radical (unpaired) electrons. The molecule has 0 aromatic heterocycles. The number of carbonyl (C=O) groups excluding carboxylic acids is 1. The Balaban J connectivity index is 1.49. The van der Waals surface area contributed by atoms with Crippen LogP contribution in [0.1, 0.15) is 37.0 Å². The molecule has 28 heavy (non-hydrogen) atoms. The van der Waals surface area contributed by atoms with Crippen molar-refractivity contribution in [2.24, 2.45) is 0 Å². The summed E-state index contributed by atoms with van der Waals surface area (Å²) in [6, 6.07) is 14.6. The first-order valence-corrected chi connectivity index (χ1v) is 10.6. The summed E-state index contributed by atoms with van der Waals surface area (Å²) in [5.41, 5.74) is 3.89. The first kappa shape index (κ1) is 20.9. The predicted molar refractivity (Wildman–Crippen MR) is 117 cm³/mol. The van der Waals surface area contributed by atoms with E-state index in [-0.39, 0.29) is 11.4 Å². The molecule has 3 rings (SSSR count). The lowest BCUT2D eigenvalue weighted by Gasteiger charge is -2.41. The average molecular weight is 445 g/mol. The monoisotopic (exact) mass is 444 g/mol. The quantitative estimate of drug-likeness (QED) is 0.690. The number of hydrogen-bond acceptors (Lipinski definition) is 3. The van der Waals surface area contributed by atoms with Crippen molar-refractivity contribution in [1.29, 1.82) is 0 Å². The van der Waals surface area contributed by atoms with Gasteiger partial charge in [-0.05, 0) is 71.4 Å². The summed E-state index contributed by atoms with van der Waals surface area (Å²) in [6.45, 7) is 7.04. The van der Waals surface area contributed by atoms with Crippen LogP contribution < -0.4 is 10.1 Å². The third-order valence-electron chi connectivity index (χ3n) is 5.56. The zero-order valence-corrected chi connectivity index (χ0v) is 18.5. The van der Waals surface area contributed by atoms with Gasteiger partial charge >= 0.3 is 0 Å². The molecule has 0 atom stereocenters. The summed E-state index contributed by atoms with van der Waals surface area (Å²) in [6.07, 6.45) is 2.27. The Morgan fingerprint density at radius 1 is 1.21 bits per heavy atom. The van der Waals surface area contributed by atoms with E-state index in [0.29, 0.717) is 19.4 Å². The van der Waals surface area contributed by atoms with Gasteiger partial charge in [0.25, 0.3) is 0 Å². The highest BCUT2D eigenvalue weighted by molar-refractivity contribution is 9.10. The number of rotatable bonds is 7. The van der Waals surface area contributed by atoms with Gasteiger partial charge in [0.05, 0.1) is 11.6 Å². The highest BCUT2D eigenvalue weighted by Gasteiger charge is 2.29. The van der Waals surface area contributed by atoms with Crippen LogP contribution in [0.4, 0.5) is 0 Å². The molecule has 0 saturated carbocycles. The highest BCUT2D eigenvalue weighted by Crippen LogP contribution is 2.26. The molecule has 0 aliphatic carbocycles. The number of ether oxygens (including phenoxy) is 1. The number of carbonyl (C=O) groups is 1. The van der Waals surface area contributed by atoms with E-state index in [0.717, 1.165) is 35.3 Å². The van der Waals surface area contributed by atoms with E-state index < -0.39 is 0 Å². The second kappa shape index (κ2) is 9.10. The number of amides is 1. The van der Waals surface area contributed by atoms with Crippen LogP contribution in [-0.2, 0) is 24.2 Å². The molecular formula is C23H29BrN2O2. The van der Waals surface area contributed by atoms with Crippen molar-refractivity contribution in [3.05, 3.63) is 63.6 Å². The van der Waals surface area contributed by atoms with Gasteiger partial charge in [-0.1, -0.05) is 30.3 Å². The molecule has 1 aliphatic rings. The van der Waals surface area contributed by atoms with Gasteiger partial charge in [-0.15, -0.1) is 0 Å². The number of aryl methyl sites for hydroxylation is 1. The molecule has 1 aliphatic heterocycles. The second-order valence-electron chi connectivity index (χ2n) is 8.00. The van der Waals surface area contributed by atoms with Crippen LogP contribution >= 0.6 is 15.9 Å². The molecule has 2 aromatic rings. The number of nitrogens with zero attached hydrogens (tertiary/aromatic N) is 1. The molecule has 0 fully saturated rings. The number of halogens is 1. The standard InChI is InChI=1S/C23H29BrN2O2/c1-23(2,26-13-12-18-6-4-5-7-19(18)15-26)16-25-22(27)11-9-17-8-10-21(28-3)20(24)14-17/h4-8,10,14H,9,11-13,15-16H2,1-3H3,(H,25,27). The summed E-state index contributed by atoms with van der Waals surface area (Å²) < 4.78 is 6.17. The topological polar surface area (TPSA) is 41.6 Å². The van der Waals surface area contributed by atoms with Crippen LogP contribution in [-0.4, -0.2) is 36.5 Å². The Kier molecular flexibility index (Phi) is 6.78. The van der Waals surface area contributed by atoms with Crippen LogP contribution in [0.25, 0.3) is 0 Å². The van der Waals surface area contributed by atoms with Crippen molar-refractivity contribution in [1.82, 2.24) is 10.2 Å². The molecule has 1 amide bonds. The first-order chi connectivity index (χ1) is 13.4. The van der Waals surface area contributed by atoms with Crippen LogP contribution in [0.3, 0.4) is 0 Å². The molecule has 0 saturated heterocycles. The Bertz CT molecular complexity index is 835. The normalized spacial score (nSPS) is 14.4. The van der Waals surface area contributed by atoms with E-state index in [1.807, 2.05) is 18.2 Å². The Morgan fingerprint density at radius 3 is 2.68 bits per heavy atom. The lowest BCUT2D eigenvalue weighted by atomic mass is 9.94. The maximum Gasteiger partial charge on any atom is 0.220 e. The summed E-state index contributed by atoms with van der Waals surface area (Å²) in [5.74, 6) is 0.899. The molecule has 0 unspecified atom stereocenters. The lowest BCUT2D eigenvalue weighted by molar-refractivity contribution is -0.121. The van der Waals surface area contributed by atoms with E-state index in [2.05, 4.69) is 64.3 Å². The number of benzene rings is 2. The summed E-state index contributed by atoms with van der Waals surface area (Å²) >= 11 is 3.50. The third kappa shape index (κ3) is 5.15. The summed E-state index contributed by atoms with van der Waals surface area (Å²) in [5, 5.41) is 3.13. The number of fused-ring (bicyclic) bond motifs is 1. The number of hydrogen-bond donors (Lipinski definition) is 1. The Hall–Kier alpha value is -1.85. The number of methoxy groups -OCH3 is 1. The highest BCUT2D eigenvalue weighted by atomic mass is 79.9. The van der Waals surface area contributed by atoms with Gasteiger partial charge in [-0.2, -0.15) is 0 Å². The largest absolute Gasteiger partial charge is 0.496 e. The fourth-order valence-corrected chi connectivity index (χ4v) is 4.24. The molecule has 1 N–H and O–H groups in total. The predicted octanol–water partition coefficient (Wildman–Crippen LogP) is 4.34. The first-order valence-electron chi connectivity index (χ1n) is 9.80. The van der Waals surface area contributed by atoms with Gasteiger partial charge in [0.1, 0.15) is 5.75 Å². The molecule has 1 heterocycles. The molecule has 4 nitrogen and oxygen atoms in total. The van der Waals surface area contributed by atoms with Crippen LogP contribution in [0.5, 0.6) is 5.75 Å². The van der Waals surface area contributed by atoms with Crippen LogP contribution in [0.15, 0.2) is 46.9 Å². The minimum absolute atomic E-state index is 0.0771. The van der Waals surface area contributed by atoms with E-state index in [4.69, 9.17) is 4.74 Å². The van der Waals surface area contributed by atoms with Gasteiger partial charge in [-0.3, -0.25) is 9.69 Å². The molecule has 150 valence electrons. The molecule has 2 aromatic carbocycles. The molecule has 5 heteroatoms. The maximum absolute atomic E-state index is 12.4. The third-order valence-corrected chi connectivity index (χ3v) is 6.18. The van der Waals surface area contributed by atoms with Gasteiger partial charge in [-0.25, -0.2) is 0 Å². The van der Waals surface area contributed by atoms with E-state index in [1.165, 1.54) is 11.1 Å². The van der Waals surface area contributed by atoms with Crippen molar-refractivity contribution in [3.8, 4) is 5.75 Å². The Morgan fingerprint density at radius 2 is 1.96 bits per heavy atom. The van der Waals surface area contributed by atoms with Crippen LogP contribution in [0.2, 0.25) is 0 Å². The zero-order valence-electron chi connectivity index (χ0n) is 16.9.